The summed E-state index contributed by atoms with van der Waals surface area (Å²) in [6, 6.07) is 5.81. The summed E-state index contributed by atoms with van der Waals surface area (Å²) < 4.78 is 27.1. The van der Waals surface area contributed by atoms with Crippen molar-refractivity contribution in [1.82, 2.24) is 9.55 Å². The van der Waals surface area contributed by atoms with Crippen LogP contribution in [0.15, 0.2) is 24.4 Å². The van der Waals surface area contributed by atoms with Crippen molar-refractivity contribution in [3.05, 3.63) is 45.9 Å². The van der Waals surface area contributed by atoms with Gasteiger partial charge >= 0.3 is 0 Å². The molecular weight excluding hydrogens is 359 g/mol. The predicted octanol–water partition coefficient (Wildman–Crippen LogP) is 2.92. The van der Waals surface area contributed by atoms with Crippen molar-refractivity contribution in [2.24, 2.45) is 0 Å². The van der Waals surface area contributed by atoms with Crippen LogP contribution in [-0.2, 0) is 4.74 Å². The van der Waals surface area contributed by atoms with Gasteiger partial charge < -0.3 is 19.7 Å². The van der Waals surface area contributed by atoms with E-state index in [-0.39, 0.29) is 4.77 Å². The quantitative estimate of drug-likeness (QED) is 0.795. The average Bonchev–Trinajstić information content (AvgIpc) is 2.89. The van der Waals surface area contributed by atoms with Gasteiger partial charge in [0.2, 0.25) is 10.7 Å². The van der Waals surface area contributed by atoms with E-state index in [1.165, 1.54) is 4.57 Å². The van der Waals surface area contributed by atoms with E-state index >= 15 is 0 Å². The number of hydrogen-bond donors (Lipinski definition) is 2. The van der Waals surface area contributed by atoms with E-state index in [9.17, 15) is 14.6 Å². The summed E-state index contributed by atoms with van der Waals surface area (Å²) in [6.07, 6.45) is -3.69. The topological polar surface area (TPSA) is 76.7 Å². The molecule has 0 radical (unpaired) electrons. The second kappa shape index (κ2) is 7.40. The van der Waals surface area contributed by atoms with Crippen molar-refractivity contribution in [2.75, 3.05) is 6.61 Å². The van der Waals surface area contributed by atoms with E-state index in [4.69, 9.17) is 21.7 Å². The van der Waals surface area contributed by atoms with Crippen LogP contribution in [0.4, 0.5) is 4.39 Å². The van der Waals surface area contributed by atoms with Gasteiger partial charge in [0, 0.05) is 11.8 Å². The SMILES string of the molecule is Cc1cn([C@H]2OC(CO)[C@@H](O)C2F)c(=S)nc1Oc1c(C)cccc1C. The summed E-state index contributed by atoms with van der Waals surface area (Å²) in [6.45, 7) is 5.16. The smallest absolute Gasteiger partial charge is 0.226 e. The van der Waals surface area contributed by atoms with Crippen molar-refractivity contribution in [3.63, 3.8) is 0 Å². The summed E-state index contributed by atoms with van der Waals surface area (Å²) >= 11 is 5.27. The van der Waals surface area contributed by atoms with Crippen LogP contribution in [0.3, 0.4) is 0 Å². The van der Waals surface area contributed by atoms with Crippen molar-refractivity contribution >= 4 is 12.2 Å². The number of nitrogens with zero attached hydrogens (tertiary/aromatic N) is 2. The minimum absolute atomic E-state index is 0.0651. The number of hydrogen-bond acceptors (Lipinski definition) is 6. The molecule has 2 unspecified atom stereocenters. The third-order valence-corrected chi connectivity index (χ3v) is 4.75. The predicted molar refractivity (Wildman–Crippen MR) is 95.7 cm³/mol. The lowest BCUT2D eigenvalue weighted by Crippen LogP contribution is -2.30. The largest absolute Gasteiger partial charge is 0.438 e. The number of rotatable bonds is 4. The van der Waals surface area contributed by atoms with Crippen molar-refractivity contribution in [2.45, 2.75) is 45.4 Å². The molecule has 2 aromatic rings. The first kappa shape index (κ1) is 18.9. The van der Waals surface area contributed by atoms with Crippen LogP contribution in [0, 0.1) is 25.5 Å². The second-order valence-electron chi connectivity index (χ2n) is 6.42. The highest BCUT2D eigenvalue weighted by molar-refractivity contribution is 7.71. The van der Waals surface area contributed by atoms with Gasteiger partial charge in [-0.3, -0.25) is 4.57 Å². The normalized spacial score (nSPS) is 25.5. The van der Waals surface area contributed by atoms with Crippen LogP contribution < -0.4 is 4.74 Å². The van der Waals surface area contributed by atoms with Gasteiger partial charge in [0.1, 0.15) is 18.0 Å². The van der Waals surface area contributed by atoms with Gasteiger partial charge in [0.05, 0.1) is 6.61 Å². The molecule has 1 aliphatic rings. The maximum atomic E-state index is 14.4. The first-order valence-corrected chi connectivity index (χ1v) is 8.66. The Morgan fingerprint density at radius 2 is 1.92 bits per heavy atom. The molecule has 1 aliphatic heterocycles. The molecule has 26 heavy (non-hydrogen) atoms. The molecule has 6 nitrogen and oxygen atoms in total. The summed E-state index contributed by atoms with van der Waals surface area (Å²) in [5.41, 5.74) is 2.57. The van der Waals surface area contributed by atoms with Crippen LogP contribution in [-0.4, -0.2) is 44.8 Å². The molecule has 2 N–H and O–H groups in total. The Hall–Kier alpha value is -1.87. The van der Waals surface area contributed by atoms with Crippen LogP contribution >= 0.6 is 12.2 Å². The Bertz CT molecular complexity index is 853. The number of aliphatic hydroxyl groups is 2. The van der Waals surface area contributed by atoms with Crippen LogP contribution in [0.25, 0.3) is 0 Å². The standard InChI is InChI=1S/C18H21FN2O4S/c1-9-5-4-6-10(2)15(9)25-16-11(3)7-21(18(26)20-16)17-13(19)14(23)12(8-22)24-17/h4-7,12-14,17,22-23H,8H2,1-3H3/t12?,13?,14-,17+/m1/s1. The molecule has 8 heteroatoms. The molecule has 3 rings (SSSR count). The summed E-state index contributed by atoms with van der Waals surface area (Å²) in [4.78, 5) is 4.27. The van der Waals surface area contributed by atoms with Crippen LogP contribution in [0.5, 0.6) is 11.6 Å². The average molecular weight is 380 g/mol. The van der Waals surface area contributed by atoms with Crippen molar-refractivity contribution < 1.29 is 24.1 Å². The lowest BCUT2D eigenvalue weighted by atomic mass is 10.1. The molecule has 0 spiro atoms. The minimum atomic E-state index is -1.72. The van der Waals surface area contributed by atoms with Gasteiger partial charge in [0.15, 0.2) is 12.4 Å². The van der Waals surface area contributed by atoms with Gasteiger partial charge in [0.25, 0.3) is 0 Å². The molecule has 1 saturated heterocycles. The molecule has 1 aromatic carbocycles. The Morgan fingerprint density at radius 1 is 1.27 bits per heavy atom. The van der Waals surface area contributed by atoms with Crippen LogP contribution in [0.1, 0.15) is 22.9 Å². The molecule has 1 fully saturated rings. The zero-order chi connectivity index (χ0) is 19.0. The second-order valence-corrected chi connectivity index (χ2v) is 6.79. The lowest BCUT2D eigenvalue weighted by molar-refractivity contribution is -0.0485. The third kappa shape index (κ3) is 3.37. The van der Waals surface area contributed by atoms with Gasteiger partial charge in [-0.1, -0.05) is 18.2 Å². The van der Waals surface area contributed by atoms with Gasteiger partial charge in [-0.2, -0.15) is 4.98 Å². The molecule has 4 atom stereocenters. The Morgan fingerprint density at radius 3 is 2.50 bits per heavy atom. The molecule has 2 heterocycles. The highest BCUT2D eigenvalue weighted by atomic mass is 32.1. The fourth-order valence-electron chi connectivity index (χ4n) is 2.97. The molecule has 1 aromatic heterocycles. The number of halogens is 1. The maximum absolute atomic E-state index is 14.4. The fraction of sp³-hybridized carbons (Fsp3) is 0.444. The molecular formula is C18H21FN2O4S. The van der Waals surface area contributed by atoms with E-state index in [0.717, 1.165) is 11.1 Å². The van der Waals surface area contributed by atoms with Crippen LogP contribution in [0.2, 0.25) is 0 Å². The van der Waals surface area contributed by atoms with E-state index in [2.05, 4.69) is 4.98 Å². The Labute approximate surface area is 155 Å². The number of aromatic nitrogens is 2. The zero-order valence-corrected chi connectivity index (χ0v) is 15.5. The van der Waals surface area contributed by atoms with E-state index in [1.54, 1.807) is 13.1 Å². The fourth-order valence-corrected chi connectivity index (χ4v) is 3.21. The number of benzene rings is 1. The minimum Gasteiger partial charge on any atom is -0.438 e. The van der Waals surface area contributed by atoms with Gasteiger partial charge in [-0.05, 0) is 44.1 Å². The van der Waals surface area contributed by atoms with E-state index < -0.39 is 31.2 Å². The maximum Gasteiger partial charge on any atom is 0.226 e. The Balaban J connectivity index is 1.94. The number of alkyl halides is 1. The third-order valence-electron chi connectivity index (χ3n) is 4.44. The summed E-state index contributed by atoms with van der Waals surface area (Å²) in [5, 5.41) is 19.0. The van der Waals surface area contributed by atoms with E-state index in [0.29, 0.717) is 17.2 Å². The highest BCUT2D eigenvalue weighted by Gasteiger charge is 2.45. The first-order chi connectivity index (χ1) is 12.3. The molecule has 0 aliphatic carbocycles. The number of aryl methyl sites for hydroxylation is 3. The van der Waals surface area contributed by atoms with Crippen molar-refractivity contribution in [1.29, 1.82) is 0 Å². The molecule has 140 valence electrons. The summed E-state index contributed by atoms with van der Waals surface area (Å²) in [7, 11) is 0. The summed E-state index contributed by atoms with van der Waals surface area (Å²) in [5.74, 6) is 1.03. The highest BCUT2D eigenvalue weighted by Crippen LogP contribution is 2.34. The first-order valence-electron chi connectivity index (χ1n) is 8.25. The number of aliphatic hydroxyl groups excluding tert-OH is 2. The number of ether oxygens (including phenoxy) is 2. The molecule has 0 saturated carbocycles. The lowest BCUT2D eigenvalue weighted by Gasteiger charge is -2.19. The Kier molecular flexibility index (Phi) is 5.38. The zero-order valence-electron chi connectivity index (χ0n) is 14.7. The molecule has 0 amide bonds. The van der Waals surface area contributed by atoms with Gasteiger partial charge in [-0.15, -0.1) is 0 Å². The van der Waals surface area contributed by atoms with Gasteiger partial charge in [-0.25, -0.2) is 4.39 Å². The monoisotopic (exact) mass is 380 g/mol. The van der Waals surface area contributed by atoms with E-state index in [1.807, 2.05) is 32.0 Å². The molecule has 0 bridgehead atoms. The number of para-hydroxylation sites is 1. The van der Waals surface area contributed by atoms with Crippen molar-refractivity contribution in [3.8, 4) is 11.6 Å².